The van der Waals surface area contributed by atoms with E-state index < -0.39 is 0 Å². The standard InChI is InChI=1S/C9H15NOS/c1-2-3-9(11)10-6-8-4-5-12-7-8/h2-3,8H,4-7H2,1H3,(H,10,11)/b3-2+. The number of amides is 1. The van der Waals surface area contributed by atoms with Crippen LogP contribution in [-0.2, 0) is 4.79 Å². The molecule has 68 valence electrons. The number of rotatable bonds is 3. The average Bonchev–Trinajstić information content (AvgIpc) is 2.53. The van der Waals surface area contributed by atoms with Crippen LogP contribution in [0.15, 0.2) is 12.2 Å². The lowest BCUT2D eigenvalue weighted by atomic mass is 10.1. The van der Waals surface area contributed by atoms with Gasteiger partial charge in [0.05, 0.1) is 0 Å². The Kier molecular flexibility index (Phi) is 4.22. The van der Waals surface area contributed by atoms with E-state index in [0.717, 1.165) is 6.54 Å². The second-order valence-electron chi connectivity index (χ2n) is 2.97. The summed E-state index contributed by atoms with van der Waals surface area (Å²) in [6, 6.07) is 0. The molecule has 0 aromatic carbocycles. The molecule has 1 heterocycles. The zero-order valence-electron chi connectivity index (χ0n) is 7.38. The van der Waals surface area contributed by atoms with Gasteiger partial charge >= 0.3 is 0 Å². The Bertz CT molecular complexity index is 173. The maximum atomic E-state index is 11.0. The molecule has 1 fully saturated rings. The van der Waals surface area contributed by atoms with Crippen LogP contribution in [0.3, 0.4) is 0 Å². The van der Waals surface area contributed by atoms with Gasteiger partial charge in [0, 0.05) is 6.54 Å². The maximum Gasteiger partial charge on any atom is 0.243 e. The van der Waals surface area contributed by atoms with Crippen molar-refractivity contribution < 1.29 is 4.79 Å². The van der Waals surface area contributed by atoms with Crippen LogP contribution in [-0.4, -0.2) is 24.0 Å². The molecule has 0 aliphatic carbocycles. The second kappa shape index (κ2) is 5.25. The van der Waals surface area contributed by atoms with Gasteiger partial charge in [-0.1, -0.05) is 6.08 Å². The number of nitrogens with one attached hydrogen (secondary N) is 1. The van der Waals surface area contributed by atoms with E-state index in [1.807, 2.05) is 18.7 Å². The van der Waals surface area contributed by atoms with Gasteiger partial charge in [-0.15, -0.1) is 0 Å². The predicted octanol–water partition coefficient (Wildman–Crippen LogP) is 1.43. The van der Waals surface area contributed by atoms with Crippen LogP contribution in [0.25, 0.3) is 0 Å². The smallest absolute Gasteiger partial charge is 0.243 e. The molecule has 3 heteroatoms. The van der Waals surface area contributed by atoms with Crippen molar-refractivity contribution >= 4 is 17.7 Å². The summed E-state index contributed by atoms with van der Waals surface area (Å²) in [7, 11) is 0. The lowest BCUT2D eigenvalue weighted by Crippen LogP contribution is -2.27. The van der Waals surface area contributed by atoms with Crippen LogP contribution in [0.5, 0.6) is 0 Å². The van der Waals surface area contributed by atoms with Crippen LogP contribution >= 0.6 is 11.8 Å². The zero-order chi connectivity index (χ0) is 8.81. The zero-order valence-corrected chi connectivity index (χ0v) is 8.19. The van der Waals surface area contributed by atoms with Crippen molar-refractivity contribution in [1.82, 2.24) is 5.32 Å². The molecule has 1 saturated heterocycles. The molecule has 1 aliphatic rings. The fraction of sp³-hybridized carbons (Fsp3) is 0.667. The summed E-state index contributed by atoms with van der Waals surface area (Å²) in [6.45, 7) is 2.70. The fourth-order valence-corrected chi connectivity index (χ4v) is 2.48. The molecule has 1 atom stereocenters. The fourth-order valence-electron chi connectivity index (χ4n) is 1.20. The highest BCUT2D eigenvalue weighted by molar-refractivity contribution is 7.99. The Morgan fingerprint density at radius 3 is 3.17 bits per heavy atom. The first-order chi connectivity index (χ1) is 5.83. The van der Waals surface area contributed by atoms with Crippen molar-refractivity contribution in [2.45, 2.75) is 13.3 Å². The van der Waals surface area contributed by atoms with Crippen molar-refractivity contribution in [3.63, 3.8) is 0 Å². The number of hydrogen-bond acceptors (Lipinski definition) is 2. The Morgan fingerprint density at radius 1 is 1.75 bits per heavy atom. The molecule has 0 bridgehead atoms. The van der Waals surface area contributed by atoms with E-state index in [1.165, 1.54) is 17.9 Å². The van der Waals surface area contributed by atoms with Gasteiger partial charge in [0.2, 0.25) is 5.91 Å². The van der Waals surface area contributed by atoms with Crippen molar-refractivity contribution in [1.29, 1.82) is 0 Å². The summed E-state index contributed by atoms with van der Waals surface area (Å²) in [5, 5.41) is 2.89. The highest BCUT2D eigenvalue weighted by atomic mass is 32.2. The number of carbonyl (C=O) groups is 1. The highest BCUT2D eigenvalue weighted by Crippen LogP contribution is 2.22. The van der Waals surface area contributed by atoms with Crippen molar-refractivity contribution in [3.8, 4) is 0 Å². The van der Waals surface area contributed by atoms with Crippen LogP contribution in [0.4, 0.5) is 0 Å². The lowest BCUT2D eigenvalue weighted by Gasteiger charge is -2.07. The third-order valence-corrected chi connectivity index (χ3v) is 3.14. The van der Waals surface area contributed by atoms with E-state index >= 15 is 0 Å². The highest BCUT2D eigenvalue weighted by Gasteiger charge is 2.15. The number of thioether (sulfide) groups is 1. The van der Waals surface area contributed by atoms with E-state index in [9.17, 15) is 4.79 Å². The molecule has 1 N–H and O–H groups in total. The molecule has 1 aliphatic heterocycles. The van der Waals surface area contributed by atoms with Crippen molar-refractivity contribution in [2.24, 2.45) is 5.92 Å². The van der Waals surface area contributed by atoms with Gasteiger partial charge in [-0.2, -0.15) is 11.8 Å². The first-order valence-electron chi connectivity index (χ1n) is 4.31. The van der Waals surface area contributed by atoms with E-state index in [2.05, 4.69) is 5.32 Å². The summed E-state index contributed by atoms with van der Waals surface area (Å²) >= 11 is 1.98. The van der Waals surface area contributed by atoms with Crippen LogP contribution < -0.4 is 5.32 Å². The molecule has 2 nitrogen and oxygen atoms in total. The quantitative estimate of drug-likeness (QED) is 0.674. The molecule has 12 heavy (non-hydrogen) atoms. The minimum absolute atomic E-state index is 0.0365. The molecule has 1 amide bonds. The van der Waals surface area contributed by atoms with Crippen LogP contribution in [0.2, 0.25) is 0 Å². The third-order valence-electron chi connectivity index (χ3n) is 1.91. The Morgan fingerprint density at radius 2 is 2.58 bits per heavy atom. The van der Waals surface area contributed by atoms with E-state index in [0.29, 0.717) is 5.92 Å². The minimum atomic E-state index is 0.0365. The summed E-state index contributed by atoms with van der Waals surface area (Å²) in [5.74, 6) is 3.19. The Hall–Kier alpha value is -0.440. The summed E-state index contributed by atoms with van der Waals surface area (Å²) < 4.78 is 0. The Balaban J connectivity index is 2.11. The first kappa shape index (κ1) is 9.65. The normalized spacial score (nSPS) is 23.2. The van der Waals surface area contributed by atoms with Gasteiger partial charge in [-0.25, -0.2) is 0 Å². The van der Waals surface area contributed by atoms with Gasteiger partial charge in [0.1, 0.15) is 0 Å². The van der Waals surface area contributed by atoms with Crippen LogP contribution in [0, 0.1) is 5.92 Å². The van der Waals surface area contributed by atoms with Gasteiger partial charge in [-0.3, -0.25) is 4.79 Å². The first-order valence-corrected chi connectivity index (χ1v) is 5.46. The molecule has 1 unspecified atom stereocenters. The monoisotopic (exact) mass is 185 g/mol. The largest absolute Gasteiger partial charge is 0.352 e. The molecule has 0 aromatic heterocycles. The summed E-state index contributed by atoms with van der Waals surface area (Å²) in [5.41, 5.74) is 0. The lowest BCUT2D eigenvalue weighted by molar-refractivity contribution is -0.116. The molecule has 0 saturated carbocycles. The SMILES string of the molecule is C/C=C/C(=O)NCC1CCSC1. The molecule has 0 radical (unpaired) electrons. The Labute approximate surface area is 77.8 Å². The van der Waals surface area contributed by atoms with E-state index in [1.54, 1.807) is 12.2 Å². The van der Waals surface area contributed by atoms with Crippen LogP contribution in [0.1, 0.15) is 13.3 Å². The van der Waals surface area contributed by atoms with Gasteiger partial charge in [0.25, 0.3) is 0 Å². The van der Waals surface area contributed by atoms with E-state index in [4.69, 9.17) is 0 Å². The van der Waals surface area contributed by atoms with Crippen molar-refractivity contribution in [3.05, 3.63) is 12.2 Å². The molecular formula is C9H15NOS. The maximum absolute atomic E-state index is 11.0. The number of carbonyl (C=O) groups excluding carboxylic acids is 1. The minimum Gasteiger partial charge on any atom is -0.352 e. The second-order valence-corrected chi connectivity index (χ2v) is 4.12. The molecule has 0 spiro atoms. The summed E-state index contributed by atoms with van der Waals surface area (Å²) in [4.78, 5) is 11.0. The predicted molar refractivity (Wildman–Crippen MR) is 53.3 cm³/mol. The average molecular weight is 185 g/mol. The van der Waals surface area contributed by atoms with Gasteiger partial charge in [-0.05, 0) is 36.8 Å². The molecular weight excluding hydrogens is 170 g/mol. The van der Waals surface area contributed by atoms with E-state index in [-0.39, 0.29) is 5.91 Å². The number of hydrogen-bond donors (Lipinski definition) is 1. The van der Waals surface area contributed by atoms with Gasteiger partial charge in [0.15, 0.2) is 0 Å². The topological polar surface area (TPSA) is 29.1 Å². The molecule has 1 rings (SSSR count). The van der Waals surface area contributed by atoms with Crippen molar-refractivity contribution in [2.75, 3.05) is 18.1 Å². The van der Waals surface area contributed by atoms with Gasteiger partial charge < -0.3 is 5.32 Å². The molecule has 0 aromatic rings. The summed E-state index contributed by atoms with van der Waals surface area (Å²) in [6.07, 6.45) is 4.58. The third kappa shape index (κ3) is 3.30. The number of allylic oxidation sites excluding steroid dienone is 1.